The monoisotopic (exact) mass is 457 g/mol. The Balaban J connectivity index is 2.98. The number of aliphatic hydroxyl groups is 2. The molecule has 11 heteroatoms. The van der Waals surface area contributed by atoms with Gasteiger partial charge in [-0.3, -0.25) is 0 Å². The molecule has 31 heavy (non-hydrogen) atoms. The lowest BCUT2D eigenvalue weighted by Gasteiger charge is -2.09. The Bertz CT molecular complexity index is 288. The molecule has 188 valence electrons. The Morgan fingerprint density at radius 3 is 0.806 bits per heavy atom. The Labute approximate surface area is 186 Å². The van der Waals surface area contributed by atoms with Gasteiger partial charge in [0, 0.05) is 13.1 Å². The summed E-state index contributed by atoms with van der Waals surface area (Å²) in [5.41, 5.74) is 0. The Hall–Kier alpha value is -0.440. The summed E-state index contributed by atoms with van der Waals surface area (Å²) in [6.45, 7) is 9.72. The van der Waals surface area contributed by atoms with Crippen LogP contribution in [0.25, 0.3) is 0 Å². The standard InChI is InChI=1S/C20H43NO10/c22-3-7-26-11-9-24-5-1-21-2-6-25-10-13-28-15-17-30-19-20-31-18-16-29-14-12-27-8-4-23/h21-23H,1-20H2. The molecule has 11 nitrogen and oxygen atoms in total. The predicted octanol–water partition coefficient (Wildman–Crippen LogP) is -1.31. The van der Waals surface area contributed by atoms with Crippen LogP contribution in [0.3, 0.4) is 0 Å². The molecule has 0 aromatic heterocycles. The van der Waals surface area contributed by atoms with Gasteiger partial charge in [0.15, 0.2) is 0 Å². The molecular weight excluding hydrogens is 414 g/mol. The molecule has 0 saturated heterocycles. The van der Waals surface area contributed by atoms with Crippen LogP contribution >= 0.6 is 0 Å². The molecule has 0 fully saturated rings. The van der Waals surface area contributed by atoms with Crippen molar-refractivity contribution in [1.29, 1.82) is 0 Å². The van der Waals surface area contributed by atoms with Gasteiger partial charge in [0.1, 0.15) is 0 Å². The molecule has 0 aliphatic rings. The first kappa shape index (κ1) is 30.6. The Morgan fingerprint density at radius 1 is 0.323 bits per heavy atom. The van der Waals surface area contributed by atoms with Crippen LogP contribution in [-0.4, -0.2) is 142 Å². The summed E-state index contributed by atoms with van der Waals surface area (Å²) < 4.78 is 42.5. The SMILES string of the molecule is OCCOCCOCCNCCOCCOCCOCCOCCOCCOCCO. The van der Waals surface area contributed by atoms with Gasteiger partial charge in [-0.25, -0.2) is 0 Å². The molecule has 0 saturated carbocycles. The van der Waals surface area contributed by atoms with E-state index in [1.54, 1.807) is 0 Å². The van der Waals surface area contributed by atoms with Crippen LogP contribution in [0, 0.1) is 0 Å². The topological polar surface area (TPSA) is 126 Å². The quantitative estimate of drug-likeness (QED) is 0.121. The molecule has 0 aromatic carbocycles. The van der Waals surface area contributed by atoms with Crippen molar-refractivity contribution < 1.29 is 48.1 Å². The lowest BCUT2D eigenvalue weighted by Crippen LogP contribution is -2.25. The average Bonchev–Trinajstić information content (AvgIpc) is 2.78. The van der Waals surface area contributed by atoms with Gasteiger partial charge in [-0.1, -0.05) is 0 Å². The lowest BCUT2D eigenvalue weighted by molar-refractivity contribution is -0.0180. The highest BCUT2D eigenvalue weighted by Crippen LogP contribution is 1.84. The fraction of sp³-hybridized carbons (Fsp3) is 1.00. The third kappa shape index (κ3) is 29.6. The second-order valence-corrected chi connectivity index (χ2v) is 6.10. The largest absolute Gasteiger partial charge is 0.394 e. The molecule has 3 N–H and O–H groups in total. The van der Waals surface area contributed by atoms with Crippen LogP contribution in [0.4, 0.5) is 0 Å². The molecule has 0 spiro atoms. The molecule has 0 atom stereocenters. The molecule has 0 aromatic rings. The molecule has 0 heterocycles. The van der Waals surface area contributed by atoms with E-state index >= 15 is 0 Å². The van der Waals surface area contributed by atoms with Crippen molar-refractivity contribution in [2.75, 3.05) is 132 Å². The van der Waals surface area contributed by atoms with Gasteiger partial charge < -0.3 is 53.4 Å². The van der Waals surface area contributed by atoms with Gasteiger partial charge in [-0.15, -0.1) is 0 Å². The summed E-state index contributed by atoms with van der Waals surface area (Å²) in [6.07, 6.45) is 0. The van der Waals surface area contributed by atoms with E-state index in [0.29, 0.717) is 106 Å². The highest BCUT2D eigenvalue weighted by atomic mass is 16.6. The van der Waals surface area contributed by atoms with E-state index in [4.69, 9.17) is 48.1 Å². The first-order valence-corrected chi connectivity index (χ1v) is 11.0. The number of aliphatic hydroxyl groups excluding tert-OH is 2. The van der Waals surface area contributed by atoms with Gasteiger partial charge >= 0.3 is 0 Å². The fourth-order valence-corrected chi connectivity index (χ4v) is 2.07. The first-order valence-electron chi connectivity index (χ1n) is 11.0. The van der Waals surface area contributed by atoms with Crippen LogP contribution < -0.4 is 5.32 Å². The summed E-state index contributed by atoms with van der Waals surface area (Å²) in [7, 11) is 0. The first-order chi connectivity index (χ1) is 15.4. The van der Waals surface area contributed by atoms with E-state index in [9.17, 15) is 0 Å². The summed E-state index contributed by atoms with van der Waals surface area (Å²) in [5, 5.41) is 20.3. The predicted molar refractivity (Wildman–Crippen MR) is 114 cm³/mol. The highest BCUT2D eigenvalue weighted by molar-refractivity contribution is 4.45. The number of rotatable bonds is 28. The van der Waals surface area contributed by atoms with Crippen molar-refractivity contribution in [2.24, 2.45) is 0 Å². The van der Waals surface area contributed by atoms with Crippen LogP contribution in [-0.2, 0) is 37.9 Å². The minimum Gasteiger partial charge on any atom is -0.394 e. The molecule has 0 unspecified atom stereocenters. The Morgan fingerprint density at radius 2 is 0.548 bits per heavy atom. The van der Waals surface area contributed by atoms with Crippen LogP contribution in [0.1, 0.15) is 0 Å². The van der Waals surface area contributed by atoms with E-state index in [1.807, 2.05) is 0 Å². The Kier molecular flexibility index (Phi) is 29.1. The molecule has 0 bridgehead atoms. The van der Waals surface area contributed by atoms with Gasteiger partial charge in [0.05, 0.1) is 119 Å². The summed E-state index contributed by atoms with van der Waals surface area (Å²) in [6, 6.07) is 0. The van der Waals surface area contributed by atoms with Gasteiger partial charge in [-0.05, 0) is 0 Å². The maximum atomic E-state index is 8.54. The van der Waals surface area contributed by atoms with Crippen molar-refractivity contribution in [3.63, 3.8) is 0 Å². The number of hydrogen-bond acceptors (Lipinski definition) is 11. The molecule has 0 aliphatic carbocycles. The average molecular weight is 458 g/mol. The third-order valence-corrected chi connectivity index (χ3v) is 3.55. The highest BCUT2D eigenvalue weighted by Gasteiger charge is 1.95. The van der Waals surface area contributed by atoms with Gasteiger partial charge in [0.2, 0.25) is 0 Å². The van der Waals surface area contributed by atoms with Gasteiger partial charge in [-0.2, -0.15) is 0 Å². The lowest BCUT2D eigenvalue weighted by atomic mass is 10.6. The third-order valence-electron chi connectivity index (χ3n) is 3.55. The zero-order chi connectivity index (χ0) is 22.5. The minimum absolute atomic E-state index is 0.0301. The number of ether oxygens (including phenoxy) is 8. The van der Waals surface area contributed by atoms with Crippen LogP contribution in [0.2, 0.25) is 0 Å². The molecule has 0 radical (unpaired) electrons. The summed E-state index contributed by atoms with van der Waals surface area (Å²) >= 11 is 0. The zero-order valence-corrected chi connectivity index (χ0v) is 18.8. The van der Waals surface area contributed by atoms with Crippen LogP contribution in [0.15, 0.2) is 0 Å². The van der Waals surface area contributed by atoms with E-state index in [0.717, 1.165) is 13.1 Å². The second-order valence-electron chi connectivity index (χ2n) is 6.10. The zero-order valence-electron chi connectivity index (χ0n) is 18.8. The summed E-state index contributed by atoms with van der Waals surface area (Å²) in [4.78, 5) is 0. The molecule has 0 rings (SSSR count). The van der Waals surface area contributed by atoms with Crippen molar-refractivity contribution in [3.05, 3.63) is 0 Å². The van der Waals surface area contributed by atoms with Crippen molar-refractivity contribution >= 4 is 0 Å². The van der Waals surface area contributed by atoms with E-state index in [1.165, 1.54) is 0 Å². The normalized spacial score (nSPS) is 11.4. The minimum atomic E-state index is 0.0301. The molecule has 0 amide bonds. The number of nitrogens with one attached hydrogen (secondary N) is 1. The second kappa shape index (κ2) is 29.6. The smallest absolute Gasteiger partial charge is 0.0701 e. The maximum Gasteiger partial charge on any atom is 0.0701 e. The van der Waals surface area contributed by atoms with Crippen molar-refractivity contribution in [3.8, 4) is 0 Å². The van der Waals surface area contributed by atoms with E-state index in [-0.39, 0.29) is 13.2 Å². The van der Waals surface area contributed by atoms with Crippen molar-refractivity contribution in [1.82, 2.24) is 5.32 Å². The maximum absolute atomic E-state index is 8.54. The fourth-order valence-electron chi connectivity index (χ4n) is 2.07. The van der Waals surface area contributed by atoms with Crippen LogP contribution in [0.5, 0.6) is 0 Å². The van der Waals surface area contributed by atoms with E-state index < -0.39 is 0 Å². The summed E-state index contributed by atoms with van der Waals surface area (Å²) in [5.74, 6) is 0. The molecular formula is C20H43NO10. The molecule has 0 aliphatic heterocycles. The van der Waals surface area contributed by atoms with Gasteiger partial charge in [0.25, 0.3) is 0 Å². The van der Waals surface area contributed by atoms with Crippen molar-refractivity contribution in [2.45, 2.75) is 0 Å². The van der Waals surface area contributed by atoms with E-state index in [2.05, 4.69) is 5.32 Å². The number of hydrogen-bond donors (Lipinski definition) is 3.